The van der Waals surface area contributed by atoms with E-state index >= 15 is 0 Å². The van der Waals surface area contributed by atoms with E-state index in [2.05, 4.69) is 27.9 Å². The standard InChI is InChI=1S/C13H16N4/c1-9-5-4-8-17(9)12-10-6-2-3-7-11(10)15-13(14)16-12/h2-3,6-7,9H,4-5,8H2,1H3,(H2,14,15,16). The molecule has 17 heavy (non-hydrogen) atoms. The fourth-order valence-electron chi connectivity index (χ4n) is 2.54. The Bertz CT molecular complexity index is 552. The molecule has 0 spiro atoms. The largest absolute Gasteiger partial charge is 0.368 e. The summed E-state index contributed by atoms with van der Waals surface area (Å²) in [6.07, 6.45) is 2.44. The Morgan fingerprint density at radius 3 is 2.88 bits per heavy atom. The smallest absolute Gasteiger partial charge is 0.222 e. The zero-order valence-corrected chi connectivity index (χ0v) is 9.93. The molecule has 0 saturated carbocycles. The van der Waals surface area contributed by atoms with Crippen LogP contribution in [0.4, 0.5) is 11.8 Å². The van der Waals surface area contributed by atoms with Crippen LogP contribution < -0.4 is 10.6 Å². The Morgan fingerprint density at radius 1 is 1.29 bits per heavy atom. The maximum atomic E-state index is 5.79. The number of aromatic nitrogens is 2. The van der Waals surface area contributed by atoms with Gasteiger partial charge in [-0.25, -0.2) is 4.98 Å². The molecule has 2 aromatic rings. The Balaban J connectivity index is 2.20. The fourth-order valence-corrected chi connectivity index (χ4v) is 2.54. The van der Waals surface area contributed by atoms with Gasteiger partial charge in [-0.1, -0.05) is 12.1 Å². The minimum Gasteiger partial charge on any atom is -0.368 e. The molecule has 1 saturated heterocycles. The van der Waals surface area contributed by atoms with Gasteiger partial charge in [0.15, 0.2) is 0 Å². The molecule has 0 radical (unpaired) electrons. The Kier molecular flexibility index (Phi) is 2.35. The summed E-state index contributed by atoms with van der Waals surface area (Å²) < 4.78 is 0. The van der Waals surface area contributed by atoms with E-state index in [1.165, 1.54) is 12.8 Å². The second kappa shape index (κ2) is 3.87. The van der Waals surface area contributed by atoms with E-state index in [1.807, 2.05) is 18.2 Å². The Morgan fingerprint density at radius 2 is 2.12 bits per heavy atom. The lowest BCUT2D eigenvalue weighted by Crippen LogP contribution is -2.27. The third-order valence-electron chi connectivity index (χ3n) is 3.43. The minimum atomic E-state index is 0.359. The van der Waals surface area contributed by atoms with Crippen LogP contribution >= 0.6 is 0 Å². The van der Waals surface area contributed by atoms with Crippen LogP contribution in [0.15, 0.2) is 24.3 Å². The predicted molar refractivity (Wildman–Crippen MR) is 70.0 cm³/mol. The maximum Gasteiger partial charge on any atom is 0.222 e. The zero-order valence-electron chi connectivity index (χ0n) is 9.93. The second-order valence-electron chi connectivity index (χ2n) is 4.61. The maximum absolute atomic E-state index is 5.79. The number of fused-ring (bicyclic) bond motifs is 1. The molecule has 4 nitrogen and oxygen atoms in total. The van der Waals surface area contributed by atoms with Gasteiger partial charge in [-0.3, -0.25) is 0 Å². The van der Waals surface area contributed by atoms with Crippen molar-refractivity contribution in [1.29, 1.82) is 0 Å². The topological polar surface area (TPSA) is 55.0 Å². The van der Waals surface area contributed by atoms with Crippen LogP contribution in [-0.4, -0.2) is 22.6 Å². The Labute approximate surface area is 100 Å². The van der Waals surface area contributed by atoms with Crippen molar-refractivity contribution in [3.63, 3.8) is 0 Å². The summed E-state index contributed by atoms with van der Waals surface area (Å²) in [7, 11) is 0. The Hall–Kier alpha value is -1.84. The lowest BCUT2D eigenvalue weighted by molar-refractivity contribution is 0.729. The highest BCUT2D eigenvalue weighted by atomic mass is 15.2. The first-order valence-electron chi connectivity index (χ1n) is 6.04. The molecule has 1 aromatic carbocycles. The summed E-state index contributed by atoms with van der Waals surface area (Å²) in [5.74, 6) is 1.34. The van der Waals surface area contributed by atoms with Crippen LogP contribution in [0, 0.1) is 0 Å². The molecule has 0 bridgehead atoms. The van der Waals surface area contributed by atoms with Gasteiger partial charge >= 0.3 is 0 Å². The van der Waals surface area contributed by atoms with Crippen LogP contribution in [0.1, 0.15) is 19.8 Å². The molecule has 1 aromatic heterocycles. The molecule has 1 unspecified atom stereocenters. The molecule has 1 atom stereocenters. The highest BCUT2D eigenvalue weighted by Gasteiger charge is 2.23. The summed E-state index contributed by atoms with van der Waals surface area (Å²) in [5.41, 5.74) is 6.71. The molecule has 1 fully saturated rings. The van der Waals surface area contributed by atoms with Crippen LogP contribution in [0.2, 0.25) is 0 Å². The van der Waals surface area contributed by atoms with E-state index in [4.69, 9.17) is 5.73 Å². The molecule has 3 rings (SSSR count). The monoisotopic (exact) mass is 228 g/mol. The molecule has 4 heteroatoms. The lowest BCUT2D eigenvalue weighted by atomic mass is 10.2. The molecular formula is C13H16N4. The van der Waals surface area contributed by atoms with E-state index in [0.717, 1.165) is 23.3 Å². The molecule has 1 aliphatic rings. The normalized spacial score (nSPS) is 20.1. The minimum absolute atomic E-state index is 0.359. The van der Waals surface area contributed by atoms with Crippen molar-refractivity contribution in [1.82, 2.24) is 9.97 Å². The third-order valence-corrected chi connectivity index (χ3v) is 3.43. The molecule has 0 amide bonds. The number of nitrogens with zero attached hydrogens (tertiary/aromatic N) is 3. The number of nitrogens with two attached hydrogens (primary N) is 1. The van der Waals surface area contributed by atoms with E-state index in [-0.39, 0.29) is 0 Å². The zero-order chi connectivity index (χ0) is 11.8. The van der Waals surface area contributed by atoms with Crippen molar-refractivity contribution in [2.75, 3.05) is 17.2 Å². The van der Waals surface area contributed by atoms with Crippen molar-refractivity contribution in [2.45, 2.75) is 25.8 Å². The van der Waals surface area contributed by atoms with Crippen molar-refractivity contribution in [3.8, 4) is 0 Å². The number of para-hydroxylation sites is 1. The van der Waals surface area contributed by atoms with E-state index in [0.29, 0.717) is 12.0 Å². The van der Waals surface area contributed by atoms with Crippen LogP contribution in [-0.2, 0) is 0 Å². The quantitative estimate of drug-likeness (QED) is 0.813. The van der Waals surface area contributed by atoms with Gasteiger partial charge in [-0.05, 0) is 31.9 Å². The predicted octanol–water partition coefficient (Wildman–Crippen LogP) is 2.20. The van der Waals surface area contributed by atoms with Gasteiger partial charge < -0.3 is 10.6 Å². The first-order chi connectivity index (χ1) is 8.25. The summed E-state index contributed by atoms with van der Waals surface area (Å²) in [6, 6.07) is 8.58. The lowest BCUT2D eigenvalue weighted by Gasteiger charge is -2.23. The van der Waals surface area contributed by atoms with Gasteiger partial charge in [0.05, 0.1) is 5.52 Å². The number of benzene rings is 1. The summed E-state index contributed by atoms with van der Waals surface area (Å²) in [5, 5.41) is 1.09. The molecular weight excluding hydrogens is 212 g/mol. The number of hydrogen-bond acceptors (Lipinski definition) is 4. The molecule has 1 aliphatic heterocycles. The SMILES string of the molecule is CC1CCCN1c1nc(N)nc2ccccc12. The van der Waals surface area contributed by atoms with Gasteiger partial charge in [-0.15, -0.1) is 0 Å². The van der Waals surface area contributed by atoms with E-state index in [1.54, 1.807) is 0 Å². The fraction of sp³-hybridized carbons (Fsp3) is 0.385. The molecule has 2 N–H and O–H groups in total. The van der Waals surface area contributed by atoms with Crippen molar-refractivity contribution < 1.29 is 0 Å². The first-order valence-corrected chi connectivity index (χ1v) is 6.04. The van der Waals surface area contributed by atoms with Crippen molar-refractivity contribution >= 4 is 22.7 Å². The van der Waals surface area contributed by atoms with Crippen LogP contribution in [0.3, 0.4) is 0 Å². The third kappa shape index (κ3) is 1.69. The number of rotatable bonds is 1. The highest BCUT2D eigenvalue weighted by molar-refractivity contribution is 5.90. The average Bonchev–Trinajstić information content (AvgIpc) is 2.74. The van der Waals surface area contributed by atoms with Crippen LogP contribution in [0.25, 0.3) is 10.9 Å². The second-order valence-corrected chi connectivity index (χ2v) is 4.61. The van der Waals surface area contributed by atoms with Crippen molar-refractivity contribution in [2.24, 2.45) is 0 Å². The van der Waals surface area contributed by atoms with Gasteiger partial charge in [0.1, 0.15) is 5.82 Å². The van der Waals surface area contributed by atoms with Gasteiger partial charge in [0, 0.05) is 18.0 Å². The number of anilines is 2. The van der Waals surface area contributed by atoms with Crippen molar-refractivity contribution in [3.05, 3.63) is 24.3 Å². The van der Waals surface area contributed by atoms with E-state index in [9.17, 15) is 0 Å². The molecule has 88 valence electrons. The van der Waals surface area contributed by atoms with Gasteiger partial charge in [0.2, 0.25) is 5.95 Å². The number of nitrogen functional groups attached to an aromatic ring is 1. The summed E-state index contributed by atoms with van der Waals surface area (Å²) >= 11 is 0. The highest BCUT2D eigenvalue weighted by Crippen LogP contribution is 2.30. The van der Waals surface area contributed by atoms with Gasteiger partial charge in [0.25, 0.3) is 0 Å². The van der Waals surface area contributed by atoms with Gasteiger partial charge in [-0.2, -0.15) is 4.98 Å². The number of hydrogen-bond donors (Lipinski definition) is 1. The van der Waals surface area contributed by atoms with Crippen LogP contribution in [0.5, 0.6) is 0 Å². The first kappa shape index (κ1) is 10.3. The summed E-state index contributed by atoms with van der Waals surface area (Å²) in [4.78, 5) is 11.0. The molecule has 0 aliphatic carbocycles. The molecule has 2 heterocycles. The summed E-state index contributed by atoms with van der Waals surface area (Å²) in [6.45, 7) is 3.29. The van der Waals surface area contributed by atoms with E-state index < -0.39 is 0 Å². The average molecular weight is 228 g/mol.